The summed E-state index contributed by atoms with van der Waals surface area (Å²) in [5, 5.41) is 0. The summed E-state index contributed by atoms with van der Waals surface area (Å²) in [6, 6.07) is 4.82. The number of hydrogen-bond acceptors (Lipinski definition) is 3. The maximum absolute atomic E-state index is 13.4. The number of hydrogen-bond donors (Lipinski definition) is 1. The lowest BCUT2D eigenvalue weighted by Crippen LogP contribution is -2.26. The predicted octanol–water partition coefficient (Wildman–Crippen LogP) is 1.94. The highest BCUT2D eigenvalue weighted by molar-refractivity contribution is 5.49. The molecule has 0 radical (unpaired) electrons. The molecule has 94 valence electrons. The van der Waals surface area contributed by atoms with Crippen molar-refractivity contribution in [3.05, 3.63) is 23.8 Å². The number of rotatable bonds is 4. The minimum Gasteiger partial charge on any atom is -0.493 e. The summed E-state index contributed by atoms with van der Waals surface area (Å²) in [5.74, 6) is -1.76. The van der Waals surface area contributed by atoms with E-state index in [1.54, 1.807) is 18.2 Å². The topological polar surface area (TPSA) is 44.5 Å². The van der Waals surface area contributed by atoms with Crippen LogP contribution in [-0.2, 0) is 5.41 Å². The van der Waals surface area contributed by atoms with Gasteiger partial charge in [-0.05, 0) is 17.7 Å². The fourth-order valence-electron chi connectivity index (χ4n) is 2.12. The number of halogens is 2. The molecule has 2 rings (SSSR count). The fraction of sp³-hybridized carbons (Fsp3) is 0.500. The highest BCUT2D eigenvalue weighted by atomic mass is 19.3. The highest BCUT2D eigenvalue weighted by Crippen LogP contribution is 2.61. The van der Waals surface area contributed by atoms with E-state index in [1.165, 1.54) is 14.2 Å². The number of methoxy groups -OCH3 is 2. The molecule has 0 aliphatic heterocycles. The minimum atomic E-state index is -2.72. The van der Waals surface area contributed by atoms with Gasteiger partial charge in [0, 0.05) is 13.0 Å². The Morgan fingerprint density at radius 1 is 1.24 bits per heavy atom. The Kier molecular flexibility index (Phi) is 2.73. The van der Waals surface area contributed by atoms with Gasteiger partial charge >= 0.3 is 0 Å². The molecule has 1 atom stereocenters. The van der Waals surface area contributed by atoms with Crippen molar-refractivity contribution >= 4 is 0 Å². The SMILES string of the molecule is COc1ccc(C2(CN)CC2(F)F)cc1OC. The lowest BCUT2D eigenvalue weighted by Gasteiger charge is -2.16. The molecule has 1 aromatic rings. The van der Waals surface area contributed by atoms with Gasteiger partial charge in [0.2, 0.25) is 0 Å². The normalized spacial score (nSPS) is 25.5. The summed E-state index contributed by atoms with van der Waals surface area (Å²) in [6.45, 7) is -0.0739. The van der Waals surface area contributed by atoms with Gasteiger partial charge in [0.25, 0.3) is 5.92 Å². The van der Waals surface area contributed by atoms with Crippen LogP contribution in [0.2, 0.25) is 0 Å². The standard InChI is InChI=1S/C12H15F2NO2/c1-16-9-4-3-8(5-10(9)17-2)11(7-15)6-12(11,13)14/h3-5H,6-7,15H2,1-2H3. The van der Waals surface area contributed by atoms with E-state index in [0.29, 0.717) is 17.1 Å². The summed E-state index contributed by atoms with van der Waals surface area (Å²) in [4.78, 5) is 0. The molecule has 0 amide bonds. The number of ether oxygens (including phenoxy) is 2. The molecule has 1 aliphatic carbocycles. The summed E-state index contributed by atoms with van der Waals surface area (Å²) in [6.07, 6.45) is -0.202. The first-order chi connectivity index (χ1) is 8.00. The fourth-order valence-corrected chi connectivity index (χ4v) is 2.12. The van der Waals surface area contributed by atoms with Gasteiger partial charge in [-0.15, -0.1) is 0 Å². The molecule has 1 aliphatic rings. The Bertz CT molecular complexity index is 437. The van der Waals surface area contributed by atoms with Crippen LogP contribution in [0.4, 0.5) is 8.78 Å². The van der Waals surface area contributed by atoms with Gasteiger partial charge < -0.3 is 15.2 Å². The molecule has 3 nitrogen and oxygen atoms in total. The quantitative estimate of drug-likeness (QED) is 0.879. The van der Waals surface area contributed by atoms with Crippen molar-refractivity contribution in [1.82, 2.24) is 0 Å². The zero-order valence-corrected chi connectivity index (χ0v) is 9.80. The van der Waals surface area contributed by atoms with Crippen LogP contribution in [-0.4, -0.2) is 26.7 Å². The van der Waals surface area contributed by atoms with Crippen LogP contribution in [0.25, 0.3) is 0 Å². The summed E-state index contributed by atoms with van der Waals surface area (Å²) in [5.41, 5.74) is 4.76. The van der Waals surface area contributed by atoms with E-state index in [9.17, 15) is 8.78 Å². The van der Waals surface area contributed by atoms with Crippen LogP contribution >= 0.6 is 0 Å². The molecular weight excluding hydrogens is 228 g/mol. The van der Waals surface area contributed by atoms with Crippen molar-refractivity contribution in [1.29, 1.82) is 0 Å². The van der Waals surface area contributed by atoms with Gasteiger partial charge in [0.05, 0.1) is 19.6 Å². The maximum atomic E-state index is 13.4. The number of alkyl halides is 2. The maximum Gasteiger partial charge on any atom is 0.260 e. The van der Waals surface area contributed by atoms with Crippen molar-refractivity contribution in [2.75, 3.05) is 20.8 Å². The van der Waals surface area contributed by atoms with E-state index in [-0.39, 0.29) is 13.0 Å². The molecule has 17 heavy (non-hydrogen) atoms. The third-order valence-corrected chi connectivity index (χ3v) is 3.38. The highest BCUT2D eigenvalue weighted by Gasteiger charge is 2.71. The van der Waals surface area contributed by atoms with Gasteiger partial charge in [-0.2, -0.15) is 0 Å². The first kappa shape index (κ1) is 12.1. The monoisotopic (exact) mass is 243 g/mol. The molecular formula is C12H15F2NO2. The van der Waals surface area contributed by atoms with Crippen LogP contribution in [0.15, 0.2) is 18.2 Å². The molecule has 1 unspecified atom stereocenters. The van der Waals surface area contributed by atoms with Crippen LogP contribution < -0.4 is 15.2 Å². The van der Waals surface area contributed by atoms with E-state index in [0.717, 1.165) is 0 Å². The van der Waals surface area contributed by atoms with Gasteiger partial charge in [0.15, 0.2) is 11.5 Å². The molecule has 1 fully saturated rings. The molecule has 0 saturated heterocycles. The molecule has 1 saturated carbocycles. The lowest BCUT2D eigenvalue weighted by molar-refractivity contribution is 0.0895. The van der Waals surface area contributed by atoms with E-state index in [4.69, 9.17) is 15.2 Å². The Balaban J connectivity index is 2.41. The van der Waals surface area contributed by atoms with E-state index < -0.39 is 11.3 Å². The third kappa shape index (κ3) is 1.65. The second-order valence-corrected chi connectivity index (χ2v) is 4.24. The molecule has 1 aromatic carbocycles. The van der Waals surface area contributed by atoms with E-state index in [2.05, 4.69) is 0 Å². The summed E-state index contributed by atoms with van der Waals surface area (Å²) >= 11 is 0. The number of benzene rings is 1. The van der Waals surface area contributed by atoms with Gasteiger partial charge in [0.1, 0.15) is 0 Å². The van der Waals surface area contributed by atoms with Crippen LogP contribution in [0.3, 0.4) is 0 Å². The van der Waals surface area contributed by atoms with E-state index in [1.807, 2.05) is 0 Å². The minimum absolute atomic E-state index is 0.0739. The van der Waals surface area contributed by atoms with Crippen LogP contribution in [0.1, 0.15) is 12.0 Å². The average molecular weight is 243 g/mol. The lowest BCUT2D eigenvalue weighted by atomic mass is 9.95. The van der Waals surface area contributed by atoms with Crippen molar-refractivity contribution in [3.63, 3.8) is 0 Å². The second kappa shape index (κ2) is 3.84. The Hall–Kier alpha value is -1.36. The zero-order valence-electron chi connectivity index (χ0n) is 9.80. The van der Waals surface area contributed by atoms with Crippen molar-refractivity contribution in [2.24, 2.45) is 5.73 Å². The molecule has 0 aromatic heterocycles. The van der Waals surface area contributed by atoms with Crippen LogP contribution in [0, 0.1) is 0 Å². The summed E-state index contributed by atoms with van der Waals surface area (Å²) in [7, 11) is 2.98. The zero-order chi connectivity index (χ0) is 12.7. The van der Waals surface area contributed by atoms with E-state index >= 15 is 0 Å². The largest absolute Gasteiger partial charge is 0.493 e. The summed E-state index contributed by atoms with van der Waals surface area (Å²) < 4.78 is 37.0. The van der Waals surface area contributed by atoms with Gasteiger partial charge in [-0.1, -0.05) is 6.07 Å². The molecule has 0 heterocycles. The first-order valence-corrected chi connectivity index (χ1v) is 5.31. The predicted molar refractivity (Wildman–Crippen MR) is 59.8 cm³/mol. The van der Waals surface area contributed by atoms with Gasteiger partial charge in [-0.3, -0.25) is 0 Å². The molecule has 2 N–H and O–H groups in total. The Morgan fingerprint density at radius 2 is 1.82 bits per heavy atom. The second-order valence-electron chi connectivity index (χ2n) is 4.24. The molecule has 5 heteroatoms. The average Bonchev–Trinajstić information content (AvgIpc) is 2.92. The first-order valence-electron chi connectivity index (χ1n) is 5.31. The van der Waals surface area contributed by atoms with Gasteiger partial charge in [-0.25, -0.2) is 8.78 Å². The molecule has 0 bridgehead atoms. The number of nitrogens with two attached hydrogens (primary N) is 1. The Labute approximate surface area is 98.5 Å². The smallest absolute Gasteiger partial charge is 0.260 e. The Morgan fingerprint density at radius 3 is 2.24 bits per heavy atom. The van der Waals surface area contributed by atoms with Crippen molar-refractivity contribution in [3.8, 4) is 11.5 Å². The molecule has 0 spiro atoms. The van der Waals surface area contributed by atoms with Crippen LogP contribution in [0.5, 0.6) is 11.5 Å². The van der Waals surface area contributed by atoms with Crippen molar-refractivity contribution < 1.29 is 18.3 Å². The third-order valence-electron chi connectivity index (χ3n) is 3.38. The van der Waals surface area contributed by atoms with Crippen molar-refractivity contribution in [2.45, 2.75) is 17.8 Å².